The maximum atomic E-state index is 12.4. The van der Waals surface area contributed by atoms with E-state index in [1.165, 1.54) is 41.3 Å². The first kappa shape index (κ1) is 23.4. The van der Waals surface area contributed by atoms with Crippen molar-refractivity contribution in [2.75, 3.05) is 30.0 Å². The van der Waals surface area contributed by atoms with Crippen LogP contribution in [0.5, 0.6) is 0 Å². The summed E-state index contributed by atoms with van der Waals surface area (Å²) in [7, 11) is 0. The van der Waals surface area contributed by atoms with E-state index < -0.39 is 35.3 Å². The highest BCUT2D eigenvalue weighted by molar-refractivity contribution is 6.00. The first-order chi connectivity index (χ1) is 15.8. The lowest BCUT2D eigenvalue weighted by Gasteiger charge is -2.17. The second-order valence-corrected chi connectivity index (χ2v) is 7.14. The molecule has 0 radical (unpaired) electrons. The quantitative estimate of drug-likeness (QED) is 0.363. The van der Waals surface area contributed by atoms with Gasteiger partial charge in [-0.1, -0.05) is 6.07 Å². The molecule has 2 aromatic rings. The zero-order chi connectivity index (χ0) is 24.0. The van der Waals surface area contributed by atoms with Gasteiger partial charge < -0.3 is 19.7 Å². The molecule has 1 aliphatic rings. The molecular weight excluding hydrogens is 434 g/mol. The number of rotatable bonds is 8. The lowest BCUT2D eigenvalue weighted by atomic mass is 10.1. The standard InChI is InChI=1S/C22H21N3O8/c1-2-32-21(28)14-6-8-17(9-7-14)24-12-15(10-20(24)27)22(29)33-13-19(26)23-16-4-3-5-18(11-16)25(30)31/h3-9,11,15H,2,10,12-13H2,1H3,(H,23,26)/t15-/m1/s1. The summed E-state index contributed by atoms with van der Waals surface area (Å²) in [5.74, 6) is -2.89. The minimum absolute atomic E-state index is 0.0723. The molecule has 172 valence electrons. The van der Waals surface area contributed by atoms with E-state index in [4.69, 9.17) is 9.47 Å². The van der Waals surface area contributed by atoms with Crippen molar-refractivity contribution in [1.29, 1.82) is 0 Å². The molecule has 0 aromatic heterocycles. The highest BCUT2D eigenvalue weighted by atomic mass is 16.6. The fourth-order valence-corrected chi connectivity index (χ4v) is 3.26. The zero-order valence-electron chi connectivity index (χ0n) is 17.7. The van der Waals surface area contributed by atoms with Crippen molar-refractivity contribution in [2.24, 2.45) is 5.92 Å². The number of anilines is 2. The number of hydrogen-bond donors (Lipinski definition) is 1. The Labute approximate surface area is 188 Å². The Morgan fingerprint density at radius 3 is 2.55 bits per heavy atom. The molecule has 2 amide bonds. The van der Waals surface area contributed by atoms with Gasteiger partial charge in [0.15, 0.2) is 6.61 Å². The third-order valence-corrected chi connectivity index (χ3v) is 4.83. The van der Waals surface area contributed by atoms with Gasteiger partial charge in [-0.2, -0.15) is 0 Å². The second kappa shape index (κ2) is 10.4. The summed E-state index contributed by atoms with van der Waals surface area (Å²) < 4.78 is 9.94. The van der Waals surface area contributed by atoms with Crippen LogP contribution in [0.25, 0.3) is 0 Å². The number of non-ortho nitro benzene ring substituents is 1. The van der Waals surface area contributed by atoms with Gasteiger partial charge in [-0.15, -0.1) is 0 Å². The molecule has 1 N–H and O–H groups in total. The first-order valence-electron chi connectivity index (χ1n) is 10.1. The van der Waals surface area contributed by atoms with Gasteiger partial charge in [0, 0.05) is 36.5 Å². The summed E-state index contributed by atoms with van der Waals surface area (Å²) in [6.45, 7) is 1.42. The number of amides is 2. The fourth-order valence-electron chi connectivity index (χ4n) is 3.26. The van der Waals surface area contributed by atoms with Crippen LogP contribution in [0.15, 0.2) is 48.5 Å². The van der Waals surface area contributed by atoms with Crippen LogP contribution in [0.4, 0.5) is 17.1 Å². The van der Waals surface area contributed by atoms with E-state index in [1.54, 1.807) is 19.1 Å². The Hall–Kier alpha value is -4.28. The van der Waals surface area contributed by atoms with Gasteiger partial charge >= 0.3 is 11.9 Å². The highest BCUT2D eigenvalue weighted by Gasteiger charge is 2.36. The molecule has 0 saturated carbocycles. The smallest absolute Gasteiger partial charge is 0.338 e. The number of nitro groups is 1. The van der Waals surface area contributed by atoms with Crippen LogP contribution in [-0.2, 0) is 23.9 Å². The average Bonchev–Trinajstić information content (AvgIpc) is 3.19. The van der Waals surface area contributed by atoms with Crippen molar-refractivity contribution >= 4 is 40.8 Å². The SMILES string of the molecule is CCOC(=O)c1ccc(N2C[C@H](C(=O)OCC(=O)Nc3cccc([N+](=O)[O-])c3)CC2=O)cc1. The fraction of sp³-hybridized carbons (Fsp3) is 0.273. The lowest BCUT2D eigenvalue weighted by Crippen LogP contribution is -2.28. The largest absolute Gasteiger partial charge is 0.462 e. The van der Waals surface area contributed by atoms with E-state index in [0.29, 0.717) is 11.3 Å². The van der Waals surface area contributed by atoms with Crippen LogP contribution >= 0.6 is 0 Å². The van der Waals surface area contributed by atoms with Gasteiger partial charge in [-0.3, -0.25) is 24.5 Å². The number of hydrogen-bond acceptors (Lipinski definition) is 8. The molecule has 2 aromatic carbocycles. The van der Waals surface area contributed by atoms with Crippen LogP contribution in [0.3, 0.4) is 0 Å². The molecule has 3 rings (SSSR count). The molecule has 33 heavy (non-hydrogen) atoms. The summed E-state index contributed by atoms with van der Waals surface area (Å²) in [4.78, 5) is 60.1. The van der Waals surface area contributed by atoms with Gasteiger partial charge in [0.05, 0.1) is 23.0 Å². The topological polar surface area (TPSA) is 145 Å². The average molecular weight is 455 g/mol. The minimum atomic E-state index is -0.757. The lowest BCUT2D eigenvalue weighted by molar-refractivity contribution is -0.384. The Balaban J connectivity index is 1.52. The molecule has 11 heteroatoms. The summed E-state index contributed by atoms with van der Waals surface area (Å²) in [6, 6.07) is 11.6. The number of ether oxygens (including phenoxy) is 2. The minimum Gasteiger partial charge on any atom is -0.462 e. The molecule has 0 bridgehead atoms. The predicted molar refractivity (Wildman–Crippen MR) is 116 cm³/mol. The maximum Gasteiger partial charge on any atom is 0.338 e. The van der Waals surface area contributed by atoms with E-state index in [2.05, 4.69) is 5.32 Å². The summed E-state index contributed by atoms with van der Waals surface area (Å²) in [5, 5.41) is 13.2. The van der Waals surface area contributed by atoms with Gasteiger partial charge in [-0.25, -0.2) is 4.79 Å². The Morgan fingerprint density at radius 2 is 1.88 bits per heavy atom. The molecule has 1 heterocycles. The van der Waals surface area contributed by atoms with Crippen LogP contribution in [0, 0.1) is 16.0 Å². The number of nitrogens with zero attached hydrogens (tertiary/aromatic N) is 2. The number of esters is 2. The Bertz CT molecular complexity index is 1080. The van der Waals surface area contributed by atoms with E-state index in [9.17, 15) is 29.3 Å². The highest BCUT2D eigenvalue weighted by Crippen LogP contribution is 2.26. The van der Waals surface area contributed by atoms with Crippen molar-refractivity contribution < 1.29 is 33.6 Å². The second-order valence-electron chi connectivity index (χ2n) is 7.14. The molecule has 11 nitrogen and oxygen atoms in total. The predicted octanol–water partition coefficient (Wildman–Crippen LogP) is 2.31. The molecule has 0 unspecified atom stereocenters. The maximum absolute atomic E-state index is 12.4. The Kier molecular flexibility index (Phi) is 7.34. The molecule has 1 atom stereocenters. The van der Waals surface area contributed by atoms with Gasteiger partial charge in [0.25, 0.3) is 11.6 Å². The van der Waals surface area contributed by atoms with Gasteiger partial charge in [-0.05, 0) is 37.3 Å². The van der Waals surface area contributed by atoms with Crippen molar-refractivity contribution in [3.63, 3.8) is 0 Å². The van der Waals surface area contributed by atoms with Crippen LogP contribution in [0.1, 0.15) is 23.7 Å². The van der Waals surface area contributed by atoms with Gasteiger partial charge in [0.2, 0.25) is 5.91 Å². The number of carbonyl (C=O) groups is 4. The molecule has 1 fully saturated rings. The third kappa shape index (κ3) is 5.91. The first-order valence-corrected chi connectivity index (χ1v) is 10.1. The molecule has 1 saturated heterocycles. The molecular formula is C22H21N3O8. The third-order valence-electron chi connectivity index (χ3n) is 4.83. The summed E-state index contributed by atoms with van der Waals surface area (Å²) in [6.07, 6.45) is -0.0784. The molecule has 0 spiro atoms. The normalized spacial score (nSPS) is 15.1. The van der Waals surface area contributed by atoms with Crippen molar-refractivity contribution in [1.82, 2.24) is 0 Å². The number of nitrogens with one attached hydrogen (secondary N) is 1. The van der Waals surface area contributed by atoms with Crippen molar-refractivity contribution in [2.45, 2.75) is 13.3 Å². The van der Waals surface area contributed by atoms with Crippen molar-refractivity contribution in [3.05, 3.63) is 64.2 Å². The molecule has 1 aliphatic heterocycles. The van der Waals surface area contributed by atoms with Crippen LogP contribution in [0.2, 0.25) is 0 Å². The molecule has 0 aliphatic carbocycles. The Morgan fingerprint density at radius 1 is 1.15 bits per heavy atom. The van der Waals surface area contributed by atoms with Crippen molar-refractivity contribution in [3.8, 4) is 0 Å². The van der Waals surface area contributed by atoms with E-state index in [1.807, 2.05) is 0 Å². The van der Waals surface area contributed by atoms with Gasteiger partial charge in [0.1, 0.15) is 0 Å². The monoisotopic (exact) mass is 455 g/mol. The zero-order valence-corrected chi connectivity index (χ0v) is 17.7. The van der Waals surface area contributed by atoms with E-state index in [-0.39, 0.29) is 36.9 Å². The summed E-state index contributed by atoms with van der Waals surface area (Å²) >= 11 is 0. The number of carbonyl (C=O) groups excluding carboxylic acids is 4. The van der Waals surface area contributed by atoms with Crippen LogP contribution < -0.4 is 10.2 Å². The van der Waals surface area contributed by atoms with Crippen LogP contribution in [-0.4, -0.2) is 48.4 Å². The van der Waals surface area contributed by atoms with E-state index in [0.717, 1.165) is 0 Å². The summed E-state index contributed by atoms with van der Waals surface area (Å²) in [5.41, 5.74) is 0.869. The number of nitro benzene ring substituents is 1. The van der Waals surface area contributed by atoms with E-state index >= 15 is 0 Å². The number of benzene rings is 2.